The molecule has 1 fully saturated rings. The van der Waals surface area contributed by atoms with E-state index in [1.807, 2.05) is 37.3 Å². The van der Waals surface area contributed by atoms with Crippen molar-refractivity contribution in [1.82, 2.24) is 5.32 Å². The molecule has 1 aliphatic carbocycles. The number of carbonyl (C=O) groups excluding carboxylic acids is 2. The van der Waals surface area contributed by atoms with Crippen LogP contribution in [0.2, 0.25) is 0 Å². The molecule has 0 saturated heterocycles. The van der Waals surface area contributed by atoms with Gasteiger partial charge in [0.25, 0.3) is 0 Å². The first kappa shape index (κ1) is 17.1. The van der Waals surface area contributed by atoms with Crippen LogP contribution in [-0.4, -0.2) is 22.8 Å². The van der Waals surface area contributed by atoms with Crippen molar-refractivity contribution in [3.63, 3.8) is 0 Å². The summed E-state index contributed by atoms with van der Waals surface area (Å²) in [4.78, 5) is 24.8. The molecule has 0 radical (unpaired) electrons. The zero-order chi connectivity index (χ0) is 16.4. The van der Waals surface area contributed by atoms with Gasteiger partial charge in [0, 0.05) is 12.8 Å². The van der Waals surface area contributed by atoms with Gasteiger partial charge in [-0.1, -0.05) is 30.3 Å². The number of hydrogen-bond acceptors (Lipinski definition) is 3. The molecule has 0 spiro atoms. The number of ether oxygens (including phenoxy) is 1. The number of halogens is 2. The highest BCUT2D eigenvalue weighted by Crippen LogP contribution is 2.56. The Morgan fingerprint density at radius 1 is 1.27 bits per heavy atom. The van der Waals surface area contributed by atoms with Gasteiger partial charge in [-0.3, -0.25) is 9.59 Å². The molecular formula is C16H19Cl2NO3. The van der Waals surface area contributed by atoms with Crippen molar-refractivity contribution in [3.05, 3.63) is 35.9 Å². The van der Waals surface area contributed by atoms with Gasteiger partial charge in [0.05, 0.1) is 12.6 Å². The number of benzene rings is 1. The first-order valence-corrected chi connectivity index (χ1v) is 7.97. The van der Waals surface area contributed by atoms with E-state index in [0.29, 0.717) is 0 Å². The molecule has 0 heterocycles. The van der Waals surface area contributed by atoms with Crippen LogP contribution < -0.4 is 5.32 Å². The molecule has 1 atom stereocenters. The van der Waals surface area contributed by atoms with Gasteiger partial charge < -0.3 is 10.1 Å². The van der Waals surface area contributed by atoms with Crippen molar-refractivity contribution in [2.75, 3.05) is 6.61 Å². The van der Waals surface area contributed by atoms with Crippen molar-refractivity contribution in [3.8, 4) is 0 Å². The predicted molar refractivity (Wildman–Crippen MR) is 85.7 cm³/mol. The molecule has 1 aliphatic rings. The minimum atomic E-state index is -1.29. The molecular weight excluding hydrogens is 325 g/mol. The Morgan fingerprint density at radius 2 is 1.86 bits per heavy atom. The third-order valence-electron chi connectivity index (χ3n) is 3.87. The van der Waals surface area contributed by atoms with E-state index in [1.54, 1.807) is 6.92 Å². The van der Waals surface area contributed by atoms with Gasteiger partial charge in [-0.25, -0.2) is 0 Å². The summed E-state index contributed by atoms with van der Waals surface area (Å²) in [5.41, 5.74) is -0.333. The topological polar surface area (TPSA) is 55.4 Å². The van der Waals surface area contributed by atoms with Crippen molar-refractivity contribution in [2.24, 2.45) is 5.41 Å². The van der Waals surface area contributed by atoms with Crippen LogP contribution in [0.3, 0.4) is 0 Å². The number of rotatable bonds is 5. The molecule has 1 aromatic rings. The normalized spacial score (nSPS) is 19.6. The third kappa shape index (κ3) is 3.39. The van der Waals surface area contributed by atoms with E-state index in [9.17, 15) is 9.59 Å². The summed E-state index contributed by atoms with van der Waals surface area (Å²) in [6.07, 6.45) is 0.130. The molecule has 0 bridgehead atoms. The smallest absolute Gasteiger partial charge is 0.321 e. The Bertz CT molecular complexity index is 552. The first-order chi connectivity index (χ1) is 10.3. The van der Waals surface area contributed by atoms with Gasteiger partial charge in [0.1, 0.15) is 4.33 Å². The third-order valence-corrected chi connectivity index (χ3v) is 4.40. The molecule has 4 nitrogen and oxygen atoms in total. The van der Waals surface area contributed by atoms with Crippen LogP contribution in [0.4, 0.5) is 0 Å². The summed E-state index contributed by atoms with van der Waals surface area (Å²) in [5, 5.41) is 2.86. The molecule has 1 saturated carbocycles. The summed E-state index contributed by atoms with van der Waals surface area (Å²) >= 11 is 12.0. The Hall–Kier alpha value is -1.26. The second-order valence-electron chi connectivity index (χ2n) is 5.62. The molecule has 0 aliphatic heterocycles. The Labute approximate surface area is 140 Å². The van der Waals surface area contributed by atoms with Crippen LogP contribution >= 0.6 is 23.2 Å². The van der Waals surface area contributed by atoms with Crippen molar-refractivity contribution >= 4 is 35.1 Å². The van der Waals surface area contributed by atoms with Crippen LogP contribution in [0.15, 0.2) is 30.3 Å². The first-order valence-electron chi connectivity index (χ1n) is 7.22. The van der Waals surface area contributed by atoms with Crippen LogP contribution in [0.5, 0.6) is 0 Å². The van der Waals surface area contributed by atoms with E-state index in [0.717, 1.165) is 5.56 Å². The Kier molecular flexibility index (Phi) is 5.03. The zero-order valence-electron chi connectivity index (χ0n) is 12.6. The van der Waals surface area contributed by atoms with Gasteiger partial charge >= 0.3 is 5.97 Å². The fourth-order valence-electron chi connectivity index (χ4n) is 2.66. The van der Waals surface area contributed by atoms with Crippen LogP contribution in [0.25, 0.3) is 0 Å². The van der Waals surface area contributed by atoms with E-state index < -0.39 is 15.7 Å². The molecule has 22 heavy (non-hydrogen) atoms. The van der Waals surface area contributed by atoms with Crippen molar-refractivity contribution in [1.29, 1.82) is 0 Å². The monoisotopic (exact) mass is 343 g/mol. The van der Waals surface area contributed by atoms with Crippen LogP contribution in [-0.2, 0) is 14.3 Å². The maximum absolute atomic E-state index is 12.6. The quantitative estimate of drug-likeness (QED) is 0.506. The molecule has 0 aromatic heterocycles. The van der Waals surface area contributed by atoms with E-state index in [4.69, 9.17) is 27.9 Å². The molecule has 1 amide bonds. The summed E-state index contributed by atoms with van der Waals surface area (Å²) in [7, 11) is 0. The average Bonchev–Trinajstić information content (AvgIpc) is 2.45. The fourth-order valence-corrected chi connectivity index (χ4v) is 3.57. The second-order valence-corrected chi connectivity index (χ2v) is 7.26. The fraction of sp³-hybridized carbons (Fsp3) is 0.500. The number of nitrogens with one attached hydrogen (secondary N) is 1. The molecule has 120 valence electrons. The zero-order valence-corrected chi connectivity index (χ0v) is 14.1. The minimum absolute atomic E-state index is 0.0648. The van der Waals surface area contributed by atoms with Gasteiger partial charge in [0.2, 0.25) is 5.91 Å². The largest absolute Gasteiger partial charge is 0.465 e. The van der Waals surface area contributed by atoms with E-state index in [-0.39, 0.29) is 31.4 Å². The molecule has 1 aromatic carbocycles. The van der Waals surface area contributed by atoms with E-state index in [2.05, 4.69) is 5.32 Å². The lowest BCUT2D eigenvalue weighted by atomic mass is 9.67. The highest BCUT2D eigenvalue weighted by Gasteiger charge is 2.63. The Morgan fingerprint density at radius 3 is 2.36 bits per heavy atom. The molecule has 2 rings (SSSR count). The molecule has 6 heteroatoms. The lowest BCUT2D eigenvalue weighted by Crippen LogP contribution is -2.59. The number of carbonyl (C=O) groups is 2. The Balaban J connectivity index is 2.12. The highest BCUT2D eigenvalue weighted by atomic mass is 35.5. The summed E-state index contributed by atoms with van der Waals surface area (Å²) < 4.78 is 3.98. The van der Waals surface area contributed by atoms with Gasteiger partial charge in [-0.15, -0.1) is 23.2 Å². The minimum Gasteiger partial charge on any atom is -0.465 e. The number of amides is 1. The lowest BCUT2D eigenvalue weighted by Gasteiger charge is -2.46. The summed E-state index contributed by atoms with van der Waals surface area (Å²) in [5.74, 6) is -0.955. The van der Waals surface area contributed by atoms with Crippen LogP contribution in [0, 0.1) is 5.41 Å². The molecule has 1 N–H and O–H groups in total. The van der Waals surface area contributed by atoms with Crippen molar-refractivity contribution < 1.29 is 14.3 Å². The van der Waals surface area contributed by atoms with Gasteiger partial charge in [0.15, 0.2) is 5.41 Å². The van der Waals surface area contributed by atoms with Gasteiger partial charge in [-0.05, 0) is 19.4 Å². The van der Waals surface area contributed by atoms with Crippen molar-refractivity contribution in [2.45, 2.75) is 37.1 Å². The summed E-state index contributed by atoms with van der Waals surface area (Å²) in [6, 6.07) is 9.29. The van der Waals surface area contributed by atoms with Gasteiger partial charge in [-0.2, -0.15) is 0 Å². The number of hydrogen-bond donors (Lipinski definition) is 1. The van der Waals surface area contributed by atoms with E-state index >= 15 is 0 Å². The predicted octanol–water partition coefficient (Wildman–Crippen LogP) is 3.38. The number of esters is 1. The lowest BCUT2D eigenvalue weighted by molar-refractivity contribution is -0.168. The van der Waals surface area contributed by atoms with E-state index in [1.165, 1.54) is 0 Å². The van der Waals surface area contributed by atoms with Crippen LogP contribution in [0.1, 0.15) is 38.3 Å². The average molecular weight is 344 g/mol. The molecule has 1 unspecified atom stereocenters. The highest BCUT2D eigenvalue weighted by molar-refractivity contribution is 6.50. The number of alkyl halides is 2. The SMILES string of the molecule is CCOC(=O)C1(C(=O)NC(C)c2ccccc2)CC(Cl)(Cl)C1. The second kappa shape index (κ2) is 6.47. The maximum Gasteiger partial charge on any atom is 0.321 e. The maximum atomic E-state index is 12.6. The summed E-state index contributed by atoms with van der Waals surface area (Å²) in [6.45, 7) is 3.77. The standard InChI is InChI=1S/C16H19Cl2NO3/c1-3-22-14(21)15(9-16(17,18)10-15)13(20)19-11(2)12-7-5-4-6-8-12/h4-8,11H,3,9-10H2,1-2H3,(H,19,20).